The molecule has 0 aliphatic rings. The van der Waals surface area contributed by atoms with Crippen molar-refractivity contribution >= 4 is 11.9 Å². The van der Waals surface area contributed by atoms with E-state index in [0.717, 1.165) is 5.56 Å². The molecule has 1 amide bonds. The number of phenolic OH excluding ortho intramolecular Hbond substituents is 1. The normalized spacial score (nSPS) is 10.5. The summed E-state index contributed by atoms with van der Waals surface area (Å²) in [7, 11) is 0. The first-order valence-electron chi connectivity index (χ1n) is 6.24. The smallest absolute Gasteiger partial charge is 0.303 e. The van der Waals surface area contributed by atoms with Gasteiger partial charge in [-0.05, 0) is 30.0 Å². The average Bonchev–Trinajstić information content (AvgIpc) is 2.34. The van der Waals surface area contributed by atoms with Crippen LogP contribution in [0.4, 0.5) is 0 Å². The quantitative estimate of drug-likeness (QED) is 0.687. The third kappa shape index (κ3) is 4.62. The number of benzene rings is 1. The van der Waals surface area contributed by atoms with E-state index >= 15 is 0 Å². The molecule has 0 spiro atoms. The molecule has 0 atom stereocenters. The number of aliphatic carboxylic acids is 1. The van der Waals surface area contributed by atoms with Gasteiger partial charge in [0.05, 0.1) is 5.56 Å². The molecule has 1 rings (SSSR count). The number of carbonyl (C=O) groups is 2. The van der Waals surface area contributed by atoms with Crippen LogP contribution in [0, 0.1) is 0 Å². The molecule has 0 unspecified atom stereocenters. The topological polar surface area (TPSA) is 86.6 Å². The summed E-state index contributed by atoms with van der Waals surface area (Å²) in [4.78, 5) is 22.2. The van der Waals surface area contributed by atoms with Gasteiger partial charge in [0.25, 0.3) is 5.91 Å². The zero-order valence-corrected chi connectivity index (χ0v) is 11.1. The molecule has 5 heteroatoms. The lowest BCUT2D eigenvalue weighted by atomic mass is 10.00. The summed E-state index contributed by atoms with van der Waals surface area (Å²) < 4.78 is 0. The number of hydrogen-bond acceptors (Lipinski definition) is 3. The molecule has 0 saturated carbocycles. The Bertz CT molecular complexity index is 469. The van der Waals surface area contributed by atoms with Crippen LogP contribution in [0.5, 0.6) is 5.75 Å². The fraction of sp³-hybridized carbons (Fsp3) is 0.429. The van der Waals surface area contributed by atoms with E-state index < -0.39 is 5.97 Å². The van der Waals surface area contributed by atoms with Crippen LogP contribution in [-0.4, -0.2) is 28.6 Å². The monoisotopic (exact) mass is 265 g/mol. The van der Waals surface area contributed by atoms with E-state index in [1.54, 1.807) is 12.1 Å². The van der Waals surface area contributed by atoms with Crippen LogP contribution in [0.25, 0.3) is 0 Å². The van der Waals surface area contributed by atoms with Crippen LogP contribution >= 0.6 is 0 Å². The largest absolute Gasteiger partial charge is 0.507 e. The number of phenols is 1. The number of amides is 1. The SMILES string of the molecule is CC(C)c1ccc(O)c(C(=O)NCCCC(=O)O)c1. The van der Waals surface area contributed by atoms with Crippen LogP contribution in [0.1, 0.15) is 48.5 Å². The van der Waals surface area contributed by atoms with Crippen molar-refractivity contribution in [2.45, 2.75) is 32.6 Å². The average molecular weight is 265 g/mol. The Labute approximate surface area is 112 Å². The Morgan fingerprint density at radius 2 is 2.00 bits per heavy atom. The van der Waals surface area contributed by atoms with E-state index in [9.17, 15) is 14.7 Å². The fourth-order valence-corrected chi connectivity index (χ4v) is 1.63. The Hall–Kier alpha value is -2.04. The van der Waals surface area contributed by atoms with Crippen molar-refractivity contribution in [3.05, 3.63) is 29.3 Å². The van der Waals surface area contributed by atoms with Crippen molar-refractivity contribution in [3.8, 4) is 5.75 Å². The standard InChI is InChI=1S/C14H19NO4/c1-9(2)10-5-6-12(16)11(8-10)14(19)15-7-3-4-13(17)18/h5-6,8-9,16H,3-4,7H2,1-2H3,(H,15,19)(H,17,18). The third-order valence-electron chi connectivity index (χ3n) is 2.78. The second-order valence-electron chi connectivity index (χ2n) is 4.68. The van der Waals surface area contributed by atoms with Crippen molar-refractivity contribution in [3.63, 3.8) is 0 Å². The number of rotatable bonds is 6. The summed E-state index contributed by atoms with van der Waals surface area (Å²) in [6.07, 6.45) is 0.379. The van der Waals surface area contributed by atoms with Crippen molar-refractivity contribution < 1.29 is 19.8 Å². The Morgan fingerprint density at radius 3 is 2.58 bits per heavy atom. The molecule has 0 aliphatic carbocycles. The molecule has 1 aromatic rings. The maximum atomic E-state index is 11.9. The lowest BCUT2D eigenvalue weighted by Gasteiger charge is -2.10. The summed E-state index contributed by atoms with van der Waals surface area (Å²) in [5.41, 5.74) is 1.19. The number of carbonyl (C=O) groups excluding carboxylic acids is 1. The zero-order chi connectivity index (χ0) is 14.4. The van der Waals surface area contributed by atoms with Gasteiger partial charge >= 0.3 is 5.97 Å². The minimum Gasteiger partial charge on any atom is -0.507 e. The summed E-state index contributed by atoms with van der Waals surface area (Å²) >= 11 is 0. The lowest BCUT2D eigenvalue weighted by molar-refractivity contribution is -0.137. The van der Waals surface area contributed by atoms with E-state index in [1.165, 1.54) is 6.07 Å². The second kappa shape index (κ2) is 6.78. The van der Waals surface area contributed by atoms with Gasteiger partial charge in [0.1, 0.15) is 5.75 Å². The molecule has 1 aromatic carbocycles. The van der Waals surface area contributed by atoms with Crippen LogP contribution in [0.2, 0.25) is 0 Å². The minimum atomic E-state index is -0.890. The number of carboxylic acids is 1. The minimum absolute atomic E-state index is 0.0122. The van der Waals surface area contributed by atoms with Crippen LogP contribution < -0.4 is 5.32 Å². The number of carboxylic acid groups (broad SMARTS) is 1. The highest BCUT2D eigenvalue weighted by molar-refractivity contribution is 5.97. The van der Waals surface area contributed by atoms with Gasteiger partial charge in [-0.3, -0.25) is 9.59 Å². The lowest BCUT2D eigenvalue weighted by Crippen LogP contribution is -2.25. The molecule has 104 valence electrons. The molecule has 19 heavy (non-hydrogen) atoms. The summed E-state index contributed by atoms with van der Waals surface area (Å²) in [5.74, 6) is -1.08. The highest BCUT2D eigenvalue weighted by Gasteiger charge is 2.12. The molecule has 3 N–H and O–H groups in total. The van der Waals surface area contributed by atoms with Crippen LogP contribution in [0.3, 0.4) is 0 Å². The van der Waals surface area contributed by atoms with Gasteiger partial charge in [-0.2, -0.15) is 0 Å². The van der Waals surface area contributed by atoms with Gasteiger partial charge < -0.3 is 15.5 Å². The Balaban J connectivity index is 2.65. The van der Waals surface area contributed by atoms with Crippen molar-refractivity contribution in [1.29, 1.82) is 0 Å². The van der Waals surface area contributed by atoms with Gasteiger partial charge in [-0.15, -0.1) is 0 Å². The predicted molar refractivity (Wildman–Crippen MR) is 71.4 cm³/mol. The highest BCUT2D eigenvalue weighted by atomic mass is 16.4. The molecule has 0 heterocycles. The fourth-order valence-electron chi connectivity index (χ4n) is 1.63. The Kier molecular flexibility index (Phi) is 5.36. The van der Waals surface area contributed by atoms with Gasteiger partial charge in [-0.1, -0.05) is 19.9 Å². The van der Waals surface area contributed by atoms with E-state index in [-0.39, 0.29) is 36.1 Å². The van der Waals surface area contributed by atoms with Gasteiger partial charge in [-0.25, -0.2) is 0 Å². The summed E-state index contributed by atoms with van der Waals surface area (Å²) in [6, 6.07) is 4.94. The van der Waals surface area contributed by atoms with Gasteiger partial charge in [0.15, 0.2) is 0 Å². The molecule has 0 fully saturated rings. The first-order valence-corrected chi connectivity index (χ1v) is 6.24. The number of aromatic hydroxyl groups is 1. The van der Waals surface area contributed by atoms with E-state index in [2.05, 4.69) is 5.32 Å². The summed E-state index contributed by atoms with van der Waals surface area (Å²) in [5, 5.41) is 20.8. The zero-order valence-electron chi connectivity index (χ0n) is 11.1. The van der Waals surface area contributed by atoms with E-state index in [4.69, 9.17) is 5.11 Å². The molecular formula is C14H19NO4. The van der Waals surface area contributed by atoms with E-state index in [1.807, 2.05) is 13.8 Å². The molecule has 0 radical (unpaired) electrons. The molecule has 0 aromatic heterocycles. The predicted octanol–water partition coefficient (Wildman–Crippen LogP) is 2.11. The maximum Gasteiger partial charge on any atom is 0.303 e. The Morgan fingerprint density at radius 1 is 1.32 bits per heavy atom. The molecule has 0 bridgehead atoms. The molecule has 5 nitrogen and oxygen atoms in total. The first-order chi connectivity index (χ1) is 8.91. The van der Waals surface area contributed by atoms with Crippen LogP contribution in [0.15, 0.2) is 18.2 Å². The van der Waals surface area contributed by atoms with Gasteiger partial charge in [0, 0.05) is 13.0 Å². The summed E-state index contributed by atoms with van der Waals surface area (Å²) in [6.45, 7) is 4.28. The number of hydrogen-bond donors (Lipinski definition) is 3. The molecular weight excluding hydrogens is 246 g/mol. The second-order valence-corrected chi connectivity index (χ2v) is 4.68. The van der Waals surface area contributed by atoms with Gasteiger partial charge in [0.2, 0.25) is 0 Å². The third-order valence-corrected chi connectivity index (χ3v) is 2.78. The maximum absolute atomic E-state index is 11.9. The van der Waals surface area contributed by atoms with E-state index in [0.29, 0.717) is 6.42 Å². The van der Waals surface area contributed by atoms with Crippen molar-refractivity contribution in [2.24, 2.45) is 0 Å². The first kappa shape index (κ1) is 15.0. The van der Waals surface area contributed by atoms with Crippen molar-refractivity contribution in [1.82, 2.24) is 5.32 Å². The highest BCUT2D eigenvalue weighted by Crippen LogP contribution is 2.23. The molecule has 0 saturated heterocycles. The molecule has 0 aliphatic heterocycles. The van der Waals surface area contributed by atoms with Crippen LogP contribution in [-0.2, 0) is 4.79 Å². The number of nitrogens with one attached hydrogen (secondary N) is 1. The van der Waals surface area contributed by atoms with Crippen molar-refractivity contribution in [2.75, 3.05) is 6.54 Å².